The van der Waals surface area contributed by atoms with Crippen LogP contribution in [0, 0.1) is 5.41 Å². The van der Waals surface area contributed by atoms with Crippen LogP contribution in [0.4, 0.5) is 0 Å². The van der Waals surface area contributed by atoms with Gasteiger partial charge < -0.3 is 9.14 Å². The van der Waals surface area contributed by atoms with Crippen molar-refractivity contribution in [2.45, 2.75) is 9.79 Å². The Hall–Kier alpha value is -2.93. The van der Waals surface area contributed by atoms with Gasteiger partial charge in [-0.25, -0.2) is 13.2 Å². The predicted octanol–water partition coefficient (Wildman–Crippen LogP) is 2.04. The van der Waals surface area contributed by atoms with Crippen molar-refractivity contribution in [1.82, 2.24) is 4.40 Å². The number of aromatic nitrogens is 1. The van der Waals surface area contributed by atoms with Gasteiger partial charge in [-0.05, 0) is 30.3 Å². The quantitative estimate of drug-likeness (QED) is 0.738. The average molecular weight is 342 g/mol. The molecule has 3 rings (SSSR count). The van der Waals surface area contributed by atoms with Crippen LogP contribution in [0.3, 0.4) is 0 Å². The maximum absolute atomic E-state index is 12.9. The third kappa shape index (κ3) is 2.48. The Morgan fingerprint density at radius 1 is 1.08 bits per heavy atom. The number of pyridine rings is 2. The molecule has 7 heteroatoms. The molecule has 1 N–H and O–H groups in total. The van der Waals surface area contributed by atoms with Crippen LogP contribution in [0.5, 0.6) is 0 Å². The monoisotopic (exact) mass is 342 g/mol. The third-order valence-electron chi connectivity index (χ3n) is 3.63. The van der Waals surface area contributed by atoms with Crippen LogP contribution in [0.15, 0.2) is 70.6 Å². The minimum atomic E-state index is -3.94. The third-order valence-corrected chi connectivity index (χ3v) is 5.42. The summed E-state index contributed by atoms with van der Waals surface area (Å²) in [5.74, 6) is -0.664. The highest BCUT2D eigenvalue weighted by molar-refractivity contribution is 7.91. The molecule has 0 amide bonds. The summed E-state index contributed by atoms with van der Waals surface area (Å²) in [6.45, 7) is 0. The van der Waals surface area contributed by atoms with Crippen molar-refractivity contribution in [3.8, 4) is 0 Å². The van der Waals surface area contributed by atoms with Gasteiger partial charge in [-0.3, -0.25) is 5.41 Å². The van der Waals surface area contributed by atoms with Crippen LogP contribution in [-0.4, -0.2) is 25.9 Å². The van der Waals surface area contributed by atoms with Gasteiger partial charge in [0.2, 0.25) is 9.84 Å². The first kappa shape index (κ1) is 15.9. The second-order valence-electron chi connectivity index (χ2n) is 5.03. The van der Waals surface area contributed by atoms with E-state index in [1.165, 1.54) is 35.9 Å². The predicted molar refractivity (Wildman–Crippen MR) is 86.5 cm³/mol. The lowest BCUT2D eigenvalue weighted by atomic mass is 10.2. The standard InChI is InChI=1S/C17H14N2O4S/c1-23-17(20)13-11-15(16(18)19-10-6-5-9-14(13)19)24(21,22)12-7-3-2-4-8-12/h2-11,18H,1H3. The second kappa shape index (κ2) is 5.93. The molecular formula is C17H14N2O4S. The number of benzene rings is 1. The van der Waals surface area contributed by atoms with Gasteiger partial charge in [-0.2, -0.15) is 0 Å². The molecule has 0 aliphatic rings. The molecule has 2 aromatic heterocycles. The zero-order valence-corrected chi connectivity index (χ0v) is 13.6. The Morgan fingerprint density at radius 2 is 1.75 bits per heavy atom. The van der Waals surface area contributed by atoms with Gasteiger partial charge in [0, 0.05) is 6.20 Å². The lowest BCUT2D eigenvalue weighted by Crippen LogP contribution is -2.24. The van der Waals surface area contributed by atoms with Crippen LogP contribution in [0.1, 0.15) is 10.4 Å². The fourth-order valence-electron chi connectivity index (χ4n) is 2.45. The first-order valence-corrected chi connectivity index (χ1v) is 8.52. The van der Waals surface area contributed by atoms with Gasteiger partial charge in [-0.15, -0.1) is 0 Å². The topological polar surface area (TPSA) is 88.7 Å². The van der Waals surface area contributed by atoms with E-state index in [-0.39, 0.29) is 20.8 Å². The molecule has 0 spiro atoms. The summed E-state index contributed by atoms with van der Waals surface area (Å²) in [5.41, 5.74) is 0.270. The summed E-state index contributed by atoms with van der Waals surface area (Å²) in [7, 11) is -2.72. The van der Waals surface area contributed by atoms with E-state index < -0.39 is 15.8 Å². The summed E-state index contributed by atoms with van der Waals surface area (Å²) in [6, 6.07) is 14.0. The van der Waals surface area contributed by atoms with E-state index in [0.29, 0.717) is 5.52 Å². The summed E-state index contributed by atoms with van der Waals surface area (Å²) in [5, 5.41) is 8.27. The molecule has 0 unspecified atom stereocenters. The SMILES string of the molecule is COC(=O)c1cc(S(=O)(=O)c2ccccc2)c(=N)n2ccccc12. The van der Waals surface area contributed by atoms with E-state index in [9.17, 15) is 13.2 Å². The number of sulfone groups is 1. The van der Waals surface area contributed by atoms with E-state index in [1.54, 1.807) is 36.4 Å². The Bertz CT molecular complexity index is 1090. The van der Waals surface area contributed by atoms with Crippen molar-refractivity contribution in [3.63, 3.8) is 0 Å². The number of carbonyl (C=O) groups is 1. The van der Waals surface area contributed by atoms with Gasteiger partial charge in [0.05, 0.1) is 23.1 Å². The second-order valence-corrected chi connectivity index (χ2v) is 6.95. The number of rotatable bonds is 3. The number of nitrogens with one attached hydrogen (secondary N) is 1. The van der Waals surface area contributed by atoms with Gasteiger partial charge in [0.25, 0.3) is 0 Å². The summed E-state index contributed by atoms with van der Waals surface area (Å²) < 4.78 is 31.9. The van der Waals surface area contributed by atoms with Crippen molar-refractivity contribution >= 4 is 21.3 Å². The molecule has 0 fully saturated rings. The highest BCUT2D eigenvalue weighted by Gasteiger charge is 2.24. The smallest absolute Gasteiger partial charge is 0.340 e. The van der Waals surface area contributed by atoms with Crippen LogP contribution in [-0.2, 0) is 14.6 Å². The lowest BCUT2D eigenvalue weighted by molar-refractivity contribution is 0.0602. The average Bonchev–Trinajstić information content (AvgIpc) is 2.62. The summed E-state index contributed by atoms with van der Waals surface area (Å²) in [4.78, 5) is 11.9. The van der Waals surface area contributed by atoms with E-state index >= 15 is 0 Å². The molecule has 0 bridgehead atoms. The van der Waals surface area contributed by atoms with E-state index in [0.717, 1.165) is 0 Å². The van der Waals surface area contributed by atoms with Crippen molar-refractivity contribution < 1.29 is 17.9 Å². The molecule has 2 heterocycles. The van der Waals surface area contributed by atoms with Crippen molar-refractivity contribution in [2.75, 3.05) is 7.11 Å². The fourth-order valence-corrected chi connectivity index (χ4v) is 3.85. The molecule has 0 saturated carbocycles. The molecule has 0 aliphatic heterocycles. The van der Waals surface area contributed by atoms with Gasteiger partial charge in [-0.1, -0.05) is 24.3 Å². The lowest BCUT2D eigenvalue weighted by Gasteiger charge is -2.11. The maximum atomic E-state index is 12.9. The van der Waals surface area contributed by atoms with Crippen molar-refractivity contribution in [1.29, 1.82) is 5.41 Å². The number of esters is 1. The van der Waals surface area contributed by atoms with E-state index in [4.69, 9.17) is 10.1 Å². The molecule has 0 atom stereocenters. The molecular weight excluding hydrogens is 328 g/mol. The maximum Gasteiger partial charge on any atom is 0.340 e. The number of carbonyl (C=O) groups excluding carboxylic acids is 1. The molecule has 0 radical (unpaired) electrons. The Morgan fingerprint density at radius 3 is 2.42 bits per heavy atom. The normalized spacial score (nSPS) is 11.4. The number of fused-ring (bicyclic) bond motifs is 1. The van der Waals surface area contributed by atoms with Gasteiger partial charge in [0.1, 0.15) is 10.4 Å². The molecule has 0 saturated heterocycles. The van der Waals surface area contributed by atoms with Crippen LogP contribution in [0.2, 0.25) is 0 Å². The number of nitrogens with zero attached hydrogens (tertiary/aromatic N) is 1. The fraction of sp³-hybridized carbons (Fsp3) is 0.0588. The van der Waals surface area contributed by atoms with E-state index in [2.05, 4.69) is 0 Å². The Labute approximate surface area is 138 Å². The van der Waals surface area contributed by atoms with Crippen LogP contribution in [0.25, 0.3) is 5.52 Å². The Kier molecular flexibility index (Phi) is 3.94. The minimum Gasteiger partial charge on any atom is -0.465 e. The molecule has 0 aliphatic carbocycles. The summed E-state index contributed by atoms with van der Waals surface area (Å²) >= 11 is 0. The van der Waals surface area contributed by atoms with Crippen LogP contribution >= 0.6 is 0 Å². The zero-order chi connectivity index (χ0) is 17.3. The highest BCUT2D eigenvalue weighted by atomic mass is 32.2. The number of ether oxygens (including phenoxy) is 1. The first-order chi connectivity index (χ1) is 11.5. The highest BCUT2D eigenvalue weighted by Crippen LogP contribution is 2.21. The van der Waals surface area contributed by atoms with E-state index in [1.807, 2.05) is 0 Å². The molecule has 1 aromatic carbocycles. The molecule has 122 valence electrons. The van der Waals surface area contributed by atoms with Crippen molar-refractivity contribution in [2.24, 2.45) is 0 Å². The zero-order valence-electron chi connectivity index (χ0n) is 12.8. The number of methoxy groups -OCH3 is 1. The molecule has 24 heavy (non-hydrogen) atoms. The van der Waals surface area contributed by atoms with Crippen LogP contribution < -0.4 is 5.49 Å². The molecule has 3 aromatic rings. The first-order valence-electron chi connectivity index (χ1n) is 7.04. The van der Waals surface area contributed by atoms with Gasteiger partial charge >= 0.3 is 5.97 Å². The number of hydrogen-bond donors (Lipinski definition) is 1. The van der Waals surface area contributed by atoms with Gasteiger partial charge in [0.15, 0.2) is 0 Å². The number of hydrogen-bond acceptors (Lipinski definition) is 5. The molecule has 6 nitrogen and oxygen atoms in total. The Balaban J connectivity index is 2.40. The summed E-state index contributed by atoms with van der Waals surface area (Å²) in [6.07, 6.45) is 1.54. The largest absolute Gasteiger partial charge is 0.465 e. The minimum absolute atomic E-state index is 0.0604. The van der Waals surface area contributed by atoms with Crippen molar-refractivity contribution in [3.05, 3.63) is 71.8 Å².